The van der Waals surface area contributed by atoms with Crippen LogP contribution in [-0.4, -0.2) is 0 Å². The Morgan fingerprint density at radius 1 is 1.05 bits per heavy atom. The van der Waals surface area contributed by atoms with Gasteiger partial charge in [-0.25, -0.2) is 9.78 Å². The lowest BCUT2D eigenvalue weighted by Gasteiger charge is -2.10. The Labute approximate surface area is 121 Å². The number of pyridine rings is 1. The van der Waals surface area contributed by atoms with Crippen LogP contribution < -0.4 is 16.3 Å². The lowest BCUT2D eigenvalue weighted by atomic mass is 9.98. The monoisotopic (exact) mass is 281 g/mol. The minimum Gasteiger partial charge on any atom is -0.422 e. The Morgan fingerprint density at radius 3 is 2.76 bits per heavy atom. The summed E-state index contributed by atoms with van der Waals surface area (Å²) in [6.45, 7) is 0. The van der Waals surface area contributed by atoms with Crippen LogP contribution in [0.4, 0.5) is 5.82 Å². The minimum atomic E-state index is -0.357. The first-order chi connectivity index (χ1) is 10.3. The van der Waals surface area contributed by atoms with E-state index in [4.69, 9.17) is 10.2 Å². The molecule has 106 valence electrons. The number of nitrogens with two attached hydrogens (primary N) is 1. The summed E-state index contributed by atoms with van der Waals surface area (Å²) in [5.41, 5.74) is 8.79. The van der Waals surface area contributed by atoms with Gasteiger partial charge in [-0.05, 0) is 25.3 Å². The van der Waals surface area contributed by atoms with Crippen LogP contribution in [0.15, 0.2) is 33.5 Å². The Balaban J connectivity index is 2.27. The molecule has 1 aliphatic rings. The molecule has 0 radical (unpaired) electrons. The van der Waals surface area contributed by atoms with Crippen molar-refractivity contribution in [2.45, 2.75) is 32.1 Å². The first-order valence-corrected chi connectivity index (χ1v) is 7.44. The number of nitrogen functional groups attached to an aromatic ring is 1. The number of benzene rings is 1. The van der Waals surface area contributed by atoms with E-state index in [1.165, 1.54) is 17.7 Å². The number of para-hydroxylation sites is 1. The van der Waals surface area contributed by atoms with Gasteiger partial charge in [-0.1, -0.05) is 24.6 Å². The molecule has 21 heavy (non-hydrogen) atoms. The van der Waals surface area contributed by atoms with Crippen molar-refractivity contribution in [1.82, 2.24) is 0 Å². The highest BCUT2D eigenvalue weighted by molar-refractivity contribution is 6.08. The maximum Gasteiger partial charge on any atom is 0.352 e. The van der Waals surface area contributed by atoms with Gasteiger partial charge in [-0.3, -0.25) is 5.73 Å². The number of hydrogen-bond acceptors (Lipinski definition) is 3. The molecular formula is C17H17N2O2+. The number of aryl methyl sites for hydroxylation is 2. The number of aromatic amines is 1. The highest BCUT2D eigenvalue weighted by atomic mass is 16.4. The lowest BCUT2D eigenvalue weighted by molar-refractivity contribution is -0.371. The Bertz CT molecular complexity index is 912. The summed E-state index contributed by atoms with van der Waals surface area (Å²) < 4.78 is 5.42. The SMILES string of the molecule is Nc1[nH+]c2c(c3c1c(=O)oc1ccccc13)CCCCC2. The topological polar surface area (TPSA) is 70.4 Å². The largest absolute Gasteiger partial charge is 0.422 e. The van der Waals surface area contributed by atoms with E-state index in [1.807, 2.05) is 24.3 Å². The molecule has 0 aliphatic heterocycles. The molecule has 0 saturated heterocycles. The quantitative estimate of drug-likeness (QED) is 0.391. The molecule has 2 aromatic heterocycles. The molecule has 0 fully saturated rings. The number of nitrogens with one attached hydrogen (secondary N) is 1. The van der Waals surface area contributed by atoms with E-state index in [9.17, 15) is 4.79 Å². The first-order valence-electron chi connectivity index (χ1n) is 7.44. The average molecular weight is 281 g/mol. The van der Waals surface area contributed by atoms with Crippen molar-refractivity contribution >= 4 is 27.6 Å². The van der Waals surface area contributed by atoms with Gasteiger partial charge in [0.05, 0.1) is 0 Å². The van der Waals surface area contributed by atoms with E-state index in [0.717, 1.165) is 36.5 Å². The van der Waals surface area contributed by atoms with E-state index in [2.05, 4.69) is 4.98 Å². The highest BCUT2D eigenvalue weighted by Crippen LogP contribution is 2.31. The molecule has 0 spiro atoms. The van der Waals surface area contributed by atoms with Gasteiger partial charge >= 0.3 is 5.63 Å². The molecule has 0 unspecified atom stereocenters. The molecule has 4 rings (SSSR count). The fourth-order valence-corrected chi connectivity index (χ4v) is 3.43. The zero-order valence-corrected chi connectivity index (χ0v) is 11.7. The maximum absolute atomic E-state index is 12.3. The number of fused-ring (bicyclic) bond motifs is 5. The van der Waals surface area contributed by atoms with Gasteiger partial charge < -0.3 is 4.42 Å². The molecule has 4 nitrogen and oxygen atoms in total. The van der Waals surface area contributed by atoms with Crippen molar-refractivity contribution in [3.8, 4) is 0 Å². The molecule has 0 amide bonds. The second kappa shape index (κ2) is 4.58. The maximum atomic E-state index is 12.3. The predicted molar refractivity (Wildman–Crippen MR) is 82.2 cm³/mol. The van der Waals surface area contributed by atoms with Crippen molar-refractivity contribution in [3.05, 3.63) is 45.9 Å². The lowest BCUT2D eigenvalue weighted by Crippen LogP contribution is -2.22. The molecule has 2 heterocycles. The summed E-state index contributed by atoms with van der Waals surface area (Å²) >= 11 is 0. The summed E-state index contributed by atoms with van der Waals surface area (Å²) in [6, 6.07) is 7.70. The van der Waals surface area contributed by atoms with Gasteiger partial charge in [0.15, 0.2) is 5.39 Å². The summed E-state index contributed by atoms with van der Waals surface area (Å²) in [7, 11) is 0. The van der Waals surface area contributed by atoms with Gasteiger partial charge in [-0.15, -0.1) is 0 Å². The minimum absolute atomic E-state index is 0.357. The Morgan fingerprint density at radius 2 is 1.86 bits per heavy atom. The second-order valence-electron chi connectivity index (χ2n) is 5.69. The van der Waals surface area contributed by atoms with Crippen LogP contribution in [-0.2, 0) is 12.8 Å². The van der Waals surface area contributed by atoms with E-state index in [1.54, 1.807) is 0 Å². The normalized spacial score (nSPS) is 15.0. The highest BCUT2D eigenvalue weighted by Gasteiger charge is 2.22. The van der Waals surface area contributed by atoms with Crippen molar-refractivity contribution in [2.24, 2.45) is 0 Å². The second-order valence-corrected chi connectivity index (χ2v) is 5.69. The van der Waals surface area contributed by atoms with Crippen molar-refractivity contribution in [1.29, 1.82) is 0 Å². The molecule has 1 aromatic carbocycles. The summed E-state index contributed by atoms with van der Waals surface area (Å²) in [5, 5.41) is 2.45. The van der Waals surface area contributed by atoms with Crippen LogP contribution in [0.25, 0.3) is 21.7 Å². The van der Waals surface area contributed by atoms with E-state index in [-0.39, 0.29) is 5.63 Å². The number of H-pyrrole nitrogens is 1. The van der Waals surface area contributed by atoms with Crippen LogP contribution >= 0.6 is 0 Å². The molecule has 0 saturated carbocycles. The zero-order chi connectivity index (χ0) is 14.4. The smallest absolute Gasteiger partial charge is 0.352 e. The number of hydrogen-bond donors (Lipinski definition) is 1. The van der Waals surface area contributed by atoms with Crippen molar-refractivity contribution < 1.29 is 9.40 Å². The molecule has 1 aliphatic carbocycles. The van der Waals surface area contributed by atoms with Crippen LogP contribution in [0, 0.1) is 0 Å². The summed E-state index contributed by atoms with van der Waals surface area (Å²) in [4.78, 5) is 15.6. The third-order valence-corrected chi connectivity index (χ3v) is 4.39. The predicted octanol–water partition coefficient (Wildman–Crippen LogP) is 2.61. The number of anilines is 1. The summed E-state index contributed by atoms with van der Waals surface area (Å²) in [5.74, 6) is 0.421. The van der Waals surface area contributed by atoms with Crippen molar-refractivity contribution in [2.75, 3.05) is 5.73 Å². The fourth-order valence-electron chi connectivity index (χ4n) is 3.43. The number of rotatable bonds is 0. The molecule has 4 heteroatoms. The third-order valence-electron chi connectivity index (χ3n) is 4.39. The first kappa shape index (κ1) is 12.4. The molecule has 3 aromatic rings. The fraction of sp³-hybridized carbons (Fsp3) is 0.294. The molecule has 0 bridgehead atoms. The van der Waals surface area contributed by atoms with Crippen LogP contribution in [0.5, 0.6) is 0 Å². The Hall–Kier alpha value is -2.36. The van der Waals surface area contributed by atoms with Gasteiger partial charge in [0.2, 0.25) is 0 Å². The zero-order valence-electron chi connectivity index (χ0n) is 11.7. The molecule has 3 N–H and O–H groups in total. The average Bonchev–Trinajstić information content (AvgIpc) is 2.72. The van der Waals surface area contributed by atoms with E-state index in [0.29, 0.717) is 16.8 Å². The van der Waals surface area contributed by atoms with Gasteiger partial charge in [-0.2, -0.15) is 0 Å². The number of aromatic nitrogens is 1. The van der Waals surface area contributed by atoms with Gasteiger partial charge in [0.1, 0.15) is 11.3 Å². The molecule has 0 atom stereocenters. The van der Waals surface area contributed by atoms with Crippen molar-refractivity contribution in [3.63, 3.8) is 0 Å². The van der Waals surface area contributed by atoms with E-state index < -0.39 is 0 Å². The van der Waals surface area contributed by atoms with Crippen LogP contribution in [0.2, 0.25) is 0 Å². The van der Waals surface area contributed by atoms with Crippen LogP contribution in [0.3, 0.4) is 0 Å². The van der Waals surface area contributed by atoms with Crippen LogP contribution in [0.1, 0.15) is 30.5 Å². The van der Waals surface area contributed by atoms with E-state index >= 15 is 0 Å². The molecular weight excluding hydrogens is 264 g/mol. The van der Waals surface area contributed by atoms with Gasteiger partial charge in [0.25, 0.3) is 5.82 Å². The Kier molecular flexibility index (Phi) is 2.70. The van der Waals surface area contributed by atoms with Gasteiger partial charge in [0, 0.05) is 22.8 Å². The standard InChI is InChI=1S/C17H16N2O2/c18-16-15-14(10-6-2-1-3-8-12(10)19-16)11-7-4-5-9-13(11)21-17(15)20/h4-5,7,9H,1-3,6,8H2,(H2,18,19)/p+1. The summed E-state index contributed by atoms with van der Waals surface area (Å²) in [6.07, 6.45) is 5.49. The third kappa shape index (κ3) is 1.82.